The third kappa shape index (κ3) is 2.71. The van der Waals surface area contributed by atoms with Crippen LogP contribution in [0.25, 0.3) is 0 Å². The summed E-state index contributed by atoms with van der Waals surface area (Å²) in [5, 5.41) is 3.30. The van der Waals surface area contributed by atoms with Gasteiger partial charge in [0.05, 0.1) is 0 Å². The fourth-order valence-corrected chi connectivity index (χ4v) is 1.95. The lowest BCUT2D eigenvalue weighted by molar-refractivity contribution is 0.578. The molecule has 1 unspecified atom stereocenters. The average Bonchev–Trinajstić information content (AvgIpc) is 2.80. The van der Waals surface area contributed by atoms with Crippen molar-refractivity contribution in [2.24, 2.45) is 0 Å². The van der Waals surface area contributed by atoms with Crippen LogP contribution in [-0.2, 0) is 6.42 Å². The molecular formula is C12H14BrN3. The predicted octanol–water partition coefficient (Wildman–Crippen LogP) is 2.68. The Bertz CT molecular complexity index is 422. The van der Waals surface area contributed by atoms with Crippen molar-refractivity contribution >= 4 is 15.9 Å². The van der Waals surface area contributed by atoms with E-state index >= 15 is 0 Å². The minimum atomic E-state index is 0.291. The van der Waals surface area contributed by atoms with E-state index in [2.05, 4.69) is 55.5 Å². The number of rotatable bonds is 4. The molecule has 0 aliphatic rings. The Morgan fingerprint density at radius 1 is 1.38 bits per heavy atom. The number of benzene rings is 1. The Kier molecular flexibility index (Phi) is 3.74. The highest BCUT2D eigenvalue weighted by molar-refractivity contribution is 9.10. The zero-order valence-electron chi connectivity index (χ0n) is 9.07. The molecule has 16 heavy (non-hydrogen) atoms. The second kappa shape index (κ2) is 5.27. The Balaban J connectivity index is 2.13. The van der Waals surface area contributed by atoms with Crippen molar-refractivity contribution in [1.82, 2.24) is 15.3 Å². The lowest BCUT2D eigenvalue weighted by atomic mass is 10.0. The molecule has 2 rings (SSSR count). The van der Waals surface area contributed by atoms with Gasteiger partial charge in [-0.05, 0) is 24.7 Å². The van der Waals surface area contributed by atoms with Crippen LogP contribution in [-0.4, -0.2) is 17.0 Å². The van der Waals surface area contributed by atoms with Gasteiger partial charge in [0.2, 0.25) is 0 Å². The first-order valence-corrected chi connectivity index (χ1v) is 6.00. The minimum Gasteiger partial charge on any atom is -0.349 e. The third-order valence-corrected chi connectivity index (χ3v) is 3.10. The maximum Gasteiger partial charge on any atom is 0.107 e. The molecule has 84 valence electrons. The molecule has 0 amide bonds. The number of aromatic amines is 1. The van der Waals surface area contributed by atoms with Gasteiger partial charge in [0.15, 0.2) is 0 Å². The van der Waals surface area contributed by atoms with Crippen molar-refractivity contribution in [1.29, 1.82) is 0 Å². The second-order valence-electron chi connectivity index (χ2n) is 3.63. The number of hydrogen-bond acceptors (Lipinski definition) is 2. The molecule has 2 N–H and O–H groups in total. The number of nitrogens with zero attached hydrogens (tertiary/aromatic N) is 1. The number of aromatic nitrogens is 2. The molecule has 0 fully saturated rings. The van der Waals surface area contributed by atoms with Crippen LogP contribution in [0.1, 0.15) is 17.4 Å². The van der Waals surface area contributed by atoms with Crippen LogP contribution in [0.5, 0.6) is 0 Å². The highest BCUT2D eigenvalue weighted by Gasteiger charge is 2.10. The van der Waals surface area contributed by atoms with Crippen LogP contribution in [0.2, 0.25) is 0 Å². The van der Waals surface area contributed by atoms with Gasteiger partial charge in [0.1, 0.15) is 5.82 Å². The Morgan fingerprint density at radius 3 is 2.69 bits per heavy atom. The number of likely N-dealkylation sites (N-methyl/N-ethyl adjacent to an activating group) is 1. The van der Waals surface area contributed by atoms with Gasteiger partial charge in [-0.1, -0.05) is 28.1 Å². The van der Waals surface area contributed by atoms with Crippen LogP contribution in [0.3, 0.4) is 0 Å². The highest BCUT2D eigenvalue weighted by Crippen LogP contribution is 2.19. The molecule has 3 nitrogen and oxygen atoms in total. The Morgan fingerprint density at radius 2 is 2.12 bits per heavy atom. The summed E-state index contributed by atoms with van der Waals surface area (Å²) < 4.78 is 1.10. The van der Waals surface area contributed by atoms with Crippen molar-refractivity contribution in [3.63, 3.8) is 0 Å². The normalized spacial score (nSPS) is 12.6. The first-order chi connectivity index (χ1) is 7.79. The highest BCUT2D eigenvalue weighted by atomic mass is 79.9. The monoisotopic (exact) mass is 279 g/mol. The van der Waals surface area contributed by atoms with E-state index in [1.807, 2.05) is 13.2 Å². The molecule has 0 aliphatic heterocycles. The second-order valence-corrected chi connectivity index (χ2v) is 4.55. The van der Waals surface area contributed by atoms with E-state index in [1.54, 1.807) is 6.20 Å². The smallest absolute Gasteiger partial charge is 0.107 e. The summed E-state index contributed by atoms with van der Waals surface area (Å²) in [6.45, 7) is 0. The lowest BCUT2D eigenvalue weighted by Crippen LogP contribution is -2.19. The quantitative estimate of drug-likeness (QED) is 0.904. The van der Waals surface area contributed by atoms with E-state index in [-0.39, 0.29) is 0 Å². The molecule has 1 heterocycles. The van der Waals surface area contributed by atoms with Gasteiger partial charge in [-0.2, -0.15) is 0 Å². The fourth-order valence-electron chi connectivity index (χ4n) is 1.68. The van der Waals surface area contributed by atoms with Gasteiger partial charge in [-0.25, -0.2) is 4.98 Å². The topological polar surface area (TPSA) is 40.7 Å². The van der Waals surface area contributed by atoms with Gasteiger partial charge >= 0.3 is 0 Å². The largest absolute Gasteiger partial charge is 0.349 e. The Labute approximate surface area is 103 Å². The van der Waals surface area contributed by atoms with Crippen molar-refractivity contribution in [3.8, 4) is 0 Å². The summed E-state index contributed by atoms with van der Waals surface area (Å²) >= 11 is 3.44. The fraction of sp³-hybridized carbons (Fsp3) is 0.250. The van der Waals surface area contributed by atoms with E-state index < -0.39 is 0 Å². The van der Waals surface area contributed by atoms with Crippen molar-refractivity contribution in [3.05, 3.63) is 52.5 Å². The van der Waals surface area contributed by atoms with Gasteiger partial charge < -0.3 is 10.3 Å². The van der Waals surface area contributed by atoms with Crippen molar-refractivity contribution in [2.45, 2.75) is 12.5 Å². The Hall–Kier alpha value is -1.13. The van der Waals surface area contributed by atoms with Crippen molar-refractivity contribution in [2.75, 3.05) is 7.05 Å². The van der Waals surface area contributed by atoms with Gasteiger partial charge in [-0.3, -0.25) is 0 Å². The molecule has 0 radical (unpaired) electrons. The van der Waals surface area contributed by atoms with Crippen molar-refractivity contribution < 1.29 is 0 Å². The van der Waals surface area contributed by atoms with E-state index in [0.29, 0.717) is 6.04 Å². The van der Waals surface area contributed by atoms with E-state index in [9.17, 15) is 0 Å². The maximum atomic E-state index is 4.24. The summed E-state index contributed by atoms with van der Waals surface area (Å²) in [5.41, 5.74) is 1.27. The zero-order chi connectivity index (χ0) is 11.4. The average molecular weight is 280 g/mol. The molecule has 0 spiro atoms. The van der Waals surface area contributed by atoms with Gasteiger partial charge in [0.25, 0.3) is 0 Å². The number of hydrogen-bond donors (Lipinski definition) is 2. The van der Waals surface area contributed by atoms with Crippen LogP contribution in [0.15, 0.2) is 41.1 Å². The number of imidazole rings is 1. The molecule has 2 aromatic rings. The van der Waals surface area contributed by atoms with Gasteiger partial charge in [0, 0.05) is 29.3 Å². The van der Waals surface area contributed by atoms with E-state index in [4.69, 9.17) is 0 Å². The molecule has 0 saturated heterocycles. The summed E-state index contributed by atoms with van der Waals surface area (Å²) in [5.74, 6) is 1.00. The van der Waals surface area contributed by atoms with E-state index in [1.165, 1.54) is 5.56 Å². The number of halogens is 1. The predicted molar refractivity (Wildman–Crippen MR) is 68.2 cm³/mol. The molecule has 1 atom stereocenters. The first kappa shape index (κ1) is 11.4. The summed E-state index contributed by atoms with van der Waals surface area (Å²) in [7, 11) is 1.97. The summed E-state index contributed by atoms with van der Waals surface area (Å²) in [6.07, 6.45) is 4.50. The van der Waals surface area contributed by atoms with Crippen LogP contribution in [0, 0.1) is 0 Å². The first-order valence-electron chi connectivity index (χ1n) is 5.20. The molecule has 0 aliphatic carbocycles. The SMILES string of the molecule is CNC(Cc1ncc[nH]1)c1ccc(Br)cc1. The molecule has 4 heteroatoms. The van der Waals surface area contributed by atoms with Crippen LogP contribution in [0.4, 0.5) is 0 Å². The lowest BCUT2D eigenvalue weighted by Gasteiger charge is -2.15. The van der Waals surface area contributed by atoms with Gasteiger partial charge in [-0.15, -0.1) is 0 Å². The molecule has 1 aromatic carbocycles. The summed E-state index contributed by atoms with van der Waals surface area (Å²) in [4.78, 5) is 7.36. The summed E-state index contributed by atoms with van der Waals surface area (Å²) in [6, 6.07) is 8.64. The van der Waals surface area contributed by atoms with E-state index in [0.717, 1.165) is 16.7 Å². The van der Waals surface area contributed by atoms with Crippen LogP contribution >= 0.6 is 15.9 Å². The number of nitrogens with one attached hydrogen (secondary N) is 2. The minimum absolute atomic E-state index is 0.291. The molecule has 1 aromatic heterocycles. The molecule has 0 bridgehead atoms. The maximum absolute atomic E-state index is 4.24. The standard InChI is InChI=1S/C12H14BrN3/c1-14-11(8-12-15-6-7-16-12)9-2-4-10(13)5-3-9/h2-7,11,14H,8H2,1H3,(H,15,16). The third-order valence-electron chi connectivity index (χ3n) is 2.57. The molecule has 0 saturated carbocycles. The number of H-pyrrole nitrogens is 1. The van der Waals surface area contributed by atoms with Crippen LogP contribution < -0.4 is 5.32 Å². The molecular weight excluding hydrogens is 266 g/mol. The zero-order valence-corrected chi connectivity index (χ0v) is 10.7.